The summed E-state index contributed by atoms with van der Waals surface area (Å²) in [6.45, 7) is 1.23. The highest BCUT2D eigenvalue weighted by atomic mass is 79.9. The van der Waals surface area contributed by atoms with E-state index < -0.39 is 5.54 Å². The molecular weight excluding hydrogens is 602 g/mol. The Morgan fingerprint density at radius 3 is 2.54 bits per heavy atom. The SMILES string of the molecule is O=C(NNCCc1ccc(Br)cc1)[C@]1(Cc2ccccc2Br)COC(c2ccc(OCCCO)cc2)=N1. The normalized spacial score (nSPS) is 16.7. The lowest BCUT2D eigenvalue weighted by atomic mass is 9.91. The highest BCUT2D eigenvalue weighted by molar-refractivity contribution is 9.10. The van der Waals surface area contributed by atoms with Crippen molar-refractivity contribution in [3.63, 3.8) is 0 Å². The molecule has 3 aromatic rings. The number of nitrogens with one attached hydrogen (secondary N) is 2. The van der Waals surface area contributed by atoms with E-state index in [9.17, 15) is 4.79 Å². The fourth-order valence-electron chi connectivity index (χ4n) is 3.90. The molecule has 1 amide bonds. The predicted molar refractivity (Wildman–Crippen MR) is 151 cm³/mol. The molecule has 7 nitrogen and oxygen atoms in total. The van der Waals surface area contributed by atoms with Crippen LogP contribution < -0.4 is 15.6 Å². The standard InChI is InChI=1S/C28H29Br2N3O4/c29-23-10-6-20(7-11-23)14-15-31-33-27(35)28(18-22-4-1-2-5-25(22)30)19-37-26(32-28)21-8-12-24(13-9-21)36-17-3-16-34/h1-2,4-13,31,34H,3,14-19H2,(H,33,35)/t28-/m0/s1. The number of nitrogens with zero attached hydrogens (tertiary/aromatic N) is 1. The summed E-state index contributed by atoms with van der Waals surface area (Å²) in [5, 5.41) is 8.92. The summed E-state index contributed by atoms with van der Waals surface area (Å²) >= 11 is 7.04. The van der Waals surface area contributed by atoms with Gasteiger partial charge in [0.1, 0.15) is 12.4 Å². The number of hydrogen-bond acceptors (Lipinski definition) is 6. The molecule has 1 heterocycles. The summed E-state index contributed by atoms with van der Waals surface area (Å²) in [5.41, 5.74) is 7.68. The van der Waals surface area contributed by atoms with Crippen molar-refractivity contribution in [2.45, 2.75) is 24.8 Å². The third kappa shape index (κ3) is 7.41. The molecule has 0 fully saturated rings. The van der Waals surface area contributed by atoms with Gasteiger partial charge in [-0.25, -0.2) is 10.4 Å². The van der Waals surface area contributed by atoms with Crippen molar-refractivity contribution in [2.24, 2.45) is 4.99 Å². The van der Waals surface area contributed by atoms with Gasteiger partial charge >= 0.3 is 0 Å². The lowest BCUT2D eigenvalue weighted by Gasteiger charge is -2.24. The maximum absolute atomic E-state index is 13.5. The molecule has 3 aromatic carbocycles. The first-order valence-corrected chi connectivity index (χ1v) is 13.7. The topological polar surface area (TPSA) is 92.2 Å². The highest BCUT2D eigenvalue weighted by Gasteiger charge is 2.45. The summed E-state index contributed by atoms with van der Waals surface area (Å²) in [7, 11) is 0. The number of carbonyl (C=O) groups is 1. The Bertz CT molecular complexity index is 1220. The van der Waals surface area contributed by atoms with Gasteiger partial charge in [0.05, 0.1) is 6.61 Å². The van der Waals surface area contributed by atoms with Crippen molar-refractivity contribution in [1.82, 2.24) is 10.9 Å². The Morgan fingerprint density at radius 1 is 1.05 bits per heavy atom. The van der Waals surface area contributed by atoms with Gasteiger partial charge in [-0.05, 0) is 60.0 Å². The van der Waals surface area contributed by atoms with Crippen molar-refractivity contribution in [3.8, 4) is 5.75 Å². The first kappa shape index (κ1) is 27.3. The number of carbonyl (C=O) groups excluding carboxylic acids is 1. The second kappa shape index (κ2) is 13.2. The number of aliphatic imine (C=N–C) groups is 1. The third-order valence-corrected chi connectivity index (χ3v) is 7.26. The summed E-state index contributed by atoms with van der Waals surface area (Å²) in [6, 6.07) is 23.3. The van der Waals surface area contributed by atoms with E-state index >= 15 is 0 Å². The minimum atomic E-state index is -1.12. The maximum atomic E-state index is 13.5. The quantitative estimate of drug-likeness (QED) is 0.201. The first-order chi connectivity index (χ1) is 18.0. The monoisotopic (exact) mass is 629 g/mol. The zero-order chi connectivity index (χ0) is 26.1. The van der Waals surface area contributed by atoms with Crippen LogP contribution in [0.15, 0.2) is 86.7 Å². The summed E-state index contributed by atoms with van der Waals surface area (Å²) in [6.07, 6.45) is 1.71. The molecule has 0 aliphatic carbocycles. The zero-order valence-electron chi connectivity index (χ0n) is 20.3. The van der Waals surface area contributed by atoms with E-state index in [0.717, 1.165) is 26.5 Å². The van der Waals surface area contributed by atoms with Gasteiger partial charge in [-0.3, -0.25) is 10.2 Å². The lowest BCUT2D eigenvalue weighted by molar-refractivity contribution is -0.127. The number of aliphatic hydroxyl groups excluding tert-OH is 1. The summed E-state index contributed by atoms with van der Waals surface area (Å²) in [5.74, 6) is 0.861. The van der Waals surface area contributed by atoms with E-state index in [-0.39, 0.29) is 19.1 Å². The number of amides is 1. The van der Waals surface area contributed by atoms with E-state index in [1.165, 1.54) is 5.56 Å². The number of hydrazine groups is 1. The molecule has 0 saturated heterocycles. The van der Waals surface area contributed by atoms with Gasteiger partial charge in [-0.2, -0.15) is 0 Å². The zero-order valence-corrected chi connectivity index (χ0v) is 23.4. The molecule has 9 heteroatoms. The summed E-state index contributed by atoms with van der Waals surface area (Å²) < 4.78 is 13.5. The number of aliphatic hydroxyl groups is 1. The van der Waals surface area contributed by atoms with Crippen LogP contribution in [0.4, 0.5) is 0 Å². The Hall–Kier alpha value is -2.72. The number of benzene rings is 3. The van der Waals surface area contributed by atoms with Gasteiger partial charge in [-0.1, -0.05) is 62.2 Å². The van der Waals surface area contributed by atoms with E-state index in [1.54, 1.807) is 0 Å². The molecule has 0 unspecified atom stereocenters. The van der Waals surface area contributed by atoms with Gasteiger partial charge in [0.2, 0.25) is 5.90 Å². The van der Waals surface area contributed by atoms with Crippen LogP contribution in [0.3, 0.4) is 0 Å². The Kier molecular flexibility index (Phi) is 9.74. The molecule has 3 N–H and O–H groups in total. The van der Waals surface area contributed by atoms with E-state index in [0.29, 0.717) is 37.6 Å². The molecule has 194 valence electrons. The predicted octanol–water partition coefficient (Wildman–Crippen LogP) is 4.59. The van der Waals surface area contributed by atoms with E-state index in [2.05, 4.69) is 42.7 Å². The van der Waals surface area contributed by atoms with Crippen LogP contribution >= 0.6 is 31.9 Å². The fourth-order valence-corrected chi connectivity index (χ4v) is 4.59. The third-order valence-electron chi connectivity index (χ3n) is 5.95. The van der Waals surface area contributed by atoms with Crippen LogP contribution in [0.5, 0.6) is 5.75 Å². The molecule has 0 aromatic heterocycles. The van der Waals surface area contributed by atoms with Crippen molar-refractivity contribution >= 4 is 43.7 Å². The number of hydrogen-bond donors (Lipinski definition) is 3. The molecule has 0 radical (unpaired) electrons. The average molecular weight is 631 g/mol. The van der Waals surface area contributed by atoms with Crippen molar-refractivity contribution < 1.29 is 19.4 Å². The van der Waals surface area contributed by atoms with Gasteiger partial charge in [-0.15, -0.1) is 0 Å². The van der Waals surface area contributed by atoms with Crippen LogP contribution in [-0.2, 0) is 22.4 Å². The minimum Gasteiger partial charge on any atom is -0.494 e. The van der Waals surface area contributed by atoms with Crippen LogP contribution in [0.2, 0.25) is 0 Å². The van der Waals surface area contributed by atoms with E-state index in [1.807, 2.05) is 72.8 Å². The molecule has 1 atom stereocenters. The fraction of sp³-hybridized carbons (Fsp3) is 0.286. The van der Waals surface area contributed by atoms with E-state index in [4.69, 9.17) is 19.6 Å². The Morgan fingerprint density at radius 2 is 1.81 bits per heavy atom. The van der Waals surface area contributed by atoms with Crippen LogP contribution in [0, 0.1) is 0 Å². The second-order valence-corrected chi connectivity index (χ2v) is 10.5. The van der Waals surface area contributed by atoms with Crippen molar-refractivity contribution in [3.05, 3.63) is 98.4 Å². The minimum absolute atomic E-state index is 0.0868. The summed E-state index contributed by atoms with van der Waals surface area (Å²) in [4.78, 5) is 18.3. The molecule has 4 rings (SSSR count). The second-order valence-electron chi connectivity index (χ2n) is 8.71. The van der Waals surface area contributed by atoms with Crippen LogP contribution in [-0.4, -0.2) is 48.8 Å². The molecule has 0 spiro atoms. The van der Waals surface area contributed by atoms with Crippen LogP contribution in [0.25, 0.3) is 0 Å². The molecule has 37 heavy (non-hydrogen) atoms. The van der Waals surface area contributed by atoms with Gasteiger partial charge in [0.15, 0.2) is 5.54 Å². The molecule has 0 bridgehead atoms. The largest absolute Gasteiger partial charge is 0.494 e. The number of halogens is 2. The van der Waals surface area contributed by atoms with Crippen LogP contribution in [0.1, 0.15) is 23.1 Å². The highest BCUT2D eigenvalue weighted by Crippen LogP contribution is 2.30. The molecule has 1 aliphatic heterocycles. The van der Waals surface area contributed by atoms with Gasteiger partial charge < -0.3 is 14.6 Å². The number of rotatable bonds is 12. The maximum Gasteiger partial charge on any atom is 0.266 e. The molecule has 0 saturated carbocycles. The smallest absolute Gasteiger partial charge is 0.266 e. The average Bonchev–Trinajstić information content (AvgIpc) is 3.35. The Labute approximate surface area is 233 Å². The first-order valence-electron chi connectivity index (χ1n) is 12.1. The number of ether oxygens (including phenoxy) is 2. The van der Waals surface area contributed by atoms with Crippen molar-refractivity contribution in [1.29, 1.82) is 0 Å². The Balaban J connectivity index is 1.47. The van der Waals surface area contributed by atoms with Gasteiger partial charge in [0.25, 0.3) is 5.91 Å². The van der Waals surface area contributed by atoms with Crippen molar-refractivity contribution in [2.75, 3.05) is 26.4 Å². The molecule has 1 aliphatic rings. The van der Waals surface area contributed by atoms with Gasteiger partial charge in [0, 0.05) is 40.5 Å². The lowest BCUT2D eigenvalue weighted by Crippen LogP contribution is -2.53. The molecular formula is C28H29Br2N3O4.